The molecule has 1 unspecified atom stereocenters. The highest BCUT2D eigenvalue weighted by atomic mass is 16.5. The summed E-state index contributed by atoms with van der Waals surface area (Å²) >= 11 is 0. The lowest BCUT2D eigenvalue weighted by molar-refractivity contribution is 0.404. The molecule has 2 rings (SSSR count). The zero-order valence-corrected chi connectivity index (χ0v) is 13.0. The summed E-state index contributed by atoms with van der Waals surface area (Å²) < 4.78 is 5.48. The predicted octanol–water partition coefficient (Wildman–Crippen LogP) is 3.08. The van der Waals surface area contributed by atoms with Crippen LogP contribution in [-0.4, -0.2) is 23.6 Å². The van der Waals surface area contributed by atoms with Crippen LogP contribution in [0.15, 0.2) is 36.8 Å². The van der Waals surface area contributed by atoms with Gasteiger partial charge in [0, 0.05) is 6.20 Å². The van der Waals surface area contributed by atoms with E-state index in [1.807, 2.05) is 12.1 Å². The molecule has 0 aliphatic carbocycles. The molecule has 0 saturated carbocycles. The first kappa shape index (κ1) is 15.4. The van der Waals surface area contributed by atoms with Crippen molar-refractivity contribution in [2.45, 2.75) is 32.7 Å². The van der Waals surface area contributed by atoms with E-state index in [0.717, 1.165) is 30.8 Å². The van der Waals surface area contributed by atoms with Crippen LogP contribution in [0.25, 0.3) is 0 Å². The van der Waals surface area contributed by atoms with Gasteiger partial charge in [-0.3, -0.25) is 0 Å². The molecular weight excluding hydrogens is 262 g/mol. The smallest absolute Gasteiger partial charge is 0.122 e. The van der Waals surface area contributed by atoms with Gasteiger partial charge in [-0.1, -0.05) is 24.6 Å². The van der Waals surface area contributed by atoms with E-state index < -0.39 is 0 Å². The van der Waals surface area contributed by atoms with Crippen molar-refractivity contribution in [3.8, 4) is 5.75 Å². The molecule has 1 N–H and O–H groups in total. The third-order valence-electron chi connectivity index (χ3n) is 3.46. The fraction of sp³-hybridized carbons (Fsp3) is 0.412. The highest BCUT2D eigenvalue weighted by Gasteiger charge is 2.15. The molecule has 0 bridgehead atoms. The first-order chi connectivity index (χ1) is 10.2. The Labute approximate surface area is 126 Å². The Morgan fingerprint density at radius 1 is 1.29 bits per heavy atom. The van der Waals surface area contributed by atoms with Crippen LogP contribution in [0.3, 0.4) is 0 Å². The summed E-state index contributed by atoms with van der Waals surface area (Å²) in [5.74, 6) is 0.929. The third kappa shape index (κ3) is 4.26. The molecule has 0 fully saturated rings. The van der Waals surface area contributed by atoms with E-state index in [0.29, 0.717) is 0 Å². The van der Waals surface area contributed by atoms with E-state index in [4.69, 9.17) is 4.74 Å². The van der Waals surface area contributed by atoms with Crippen molar-refractivity contribution < 1.29 is 4.74 Å². The minimum atomic E-state index is 0.170. The number of aromatic nitrogens is 2. The van der Waals surface area contributed by atoms with Crippen molar-refractivity contribution in [2.75, 3.05) is 13.7 Å². The van der Waals surface area contributed by atoms with E-state index in [9.17, 15) is 0 Å². The van der Waals surface area contributed by atoms with Crippen molar-refractivity contribution in [2.24, 2.45) is 0 Å². The Morgan fingerprint density at radius 3 is 2.81 bits per heavy atom. The normalized spacial score (nSPS) is 12.1. The molecule has 0 aliphatic rings. The molecule has 1 aromatic heterocycles. The molecule has 0 spiro atoms. The molecule has 1 atom stereocenters. The first-order valence-corrected chi connectivity index (χ1v) is 7.37. The zero-order chi connectivity index (χ0) is 15.1. The fourth-order valence-electron chi connectivity index (χ4n) is 2.39. The quantitative estimate of drug-likeness (QED) is 0.849. The minimum Gasteiger partial charge on any atom is -0.496 e. The fourth-order valence-corrected chi connectivity index (χ4v) is 2.39. The van der Waals surface area contributed by atoms with Gasteiger partial charge < -0.3 is 10.1 Å². The van der Waals surface area contributed by atoms with Gasteiger partial charge in [0.25, 0.3) is 0 Å². The molecular formula is C17H23N3O. The highest BCUT2D eigenvalue weighted by molar-refractivity contribution is 5.38. The average Bonchev–Trinajstić information content (AvgIpc) is 2.52. The number of benzene rings is 1. The van der Waals surface area contributed by atoms with Gasteiger partial charge in [-0.05, 0) is 44.0 Å². The highest BCUT2D eigenvalue weighted by Crippen LogP contribution is 2.25. The molecule has 0 radical (unpaired) electrons. The maximum Gasteiger partial charge on any atom is 0.122 e. The zero-order valence-electron chi connectivity index (χ0n) is 13.0. The Bertz CT molecular complexity index is 557. The number of nitrogens with one attached hydrogen (secondary N) is 1. The van der Waals surface area contributed by atoms with Crippen LogP contribution in [-0.2, 0) is 6.42 Å². The number of nitrogens with zero attached hydrogens (tertiary/aromatic N) is 2. The van der Waals surface area contributed by atoms with E-state index in [1.54, 1.807) is 19.6 Å². The number of hydrogen-bond acceptors (Lipinski definition) is 4. The van der Waals surface area contributed by atoms with Crippen molar-refractivity contribution in [3.63, 3.8) is 0 Å². The lowest BCUT2D eigenvalue weighted by Gasteiger charge is -2.19. The summed E-state index contributed by atoms with van der Waals surface area (Å²) in [6.45, 7) is 5.22. The minimum absolute atomic E-state index is 0.170. The second-order valence-corrected chi connectivity index (χ2v) is 5.16. The molecule has 0 saturated heterocycles. The molecule has 4 nitrogen and oxygen atoms in total. The van der Waals surface area contributed by atoms with Crippen LogP contribution >= 0.6 is 0 Å². The lowest BCUT2D eigenvalue weighted by Crippen LogP contribution is -2.25. The van der Waals surface area contributed by atoms with Gasteiger partial charge in [-0.2, -0.15) is 0 Å². The molecule has 1 aromatic carbocycles. The SMILES string of the molecule is CCCNC(Cc1cc(C)ccc1OC)c1ccncn1. The largest absolute Gasteiger partial charge is 0.496 e. The molecule has 4 heteroatoms. The molecule has 0 aliphatic heterocycles. The molecule has 2 aromatic rings. The van der Waals surface area contributed by atoms with Crippen LogP contribution in [0.4, 0.5) is 0 Å². The van der Waals surface area contributed by atoms with Crippen molar-refractivity contribution in [1.29, 1.82) is 0 Å². The molecule has 1 heterocycles. The van der Waals surface area contributed by atoms with Crippen molar-refractivity contribution >= 4 is 0 Å². The van der Waals surface area contributed by atoms with E-state index >= 15 is 0 Å². The lowest BCUT2D eigenvalue weighted by atomic mass is 10.00. The van der Waals surface area contributed by atoms with Crippen LogP contribution in [0, 0.1) is 6.92 Å². The van der Waals surface area contributed by atoms with E-state index in [1.165, 1.54) is 11.1 Å². The van der Waals surface area contributed by atoms with Crippen molar-refractivity contribution in [3.05, 3.63) is 53.6 Å². The average molecular weight is 285 g/mol. The van der Waals surface area contributed by atoms with Crippen LogP contribution in [0.1, 0.15) is 36.2 Å². The summed E-state index contributed by atoms with van der Waals surface area (Å²) in [5, 5.41) is 3.56. The summed E-state index contributed by atoms with van der Waals surface area (Å²) in [4.78, 5) is 8.39. The number of methoxy groups -OCH3 is 1. The standard InChI is InChI=1S/C17H23N3O/c1-4-8-19-16(15-7-9-18-12-20-15)11-14-10-13(2)5-6-17(14)21-3/h5-7,9-10,12,16,19H,4,8,11H2,1-3H3. The first-order valence-electron chi connectivity index (χ1n) is 7.37. The maximum absolute atomic E-state index is 5.48. The Balaban J connectivity index is 2.24. The Morgan fingerprint density at radius 2 is 2.14 bits per heavy atom. The topological polar surface area (TPSA) is 47.0 Å². The van der Waals surface area contributed by atoms with Gasteiger partial charge >= 0.3 is 0 Å². The van der Waals surface area contributed by atoms with Crippen LogP contribution in [0.5, 0.6) is 5.75 Å². The monoisotopic (exact) mass is 285 g/mol. The third-order valence-corrected chi connectivity index (χ3v) is 3.46. The Hall–Kier alpha value is -1.94. The van der Waals surface area contributed by atoms with Gasteiger partial charge in [0.15, 0.2) is 0 Å². The van der Waals surface area contributed by atoms with Gasteiger partial charge in [-0.15, -0.1) is 0 Å². The summed E-state index contributed by atoms with van der Waals surface area (Å²) in [5.41, 5.74) is 3.45. The maximum atomic E-state index is 5.48. The van der Waals surface area contributed by atoms with Gasteiger partial charge in [0.2, 0.25) is 0 Å². The number of rotatable bonds is 7. The number of ether oxygens (including phenoxy) is 1. The van der Waals surface area contributed by atoms with Crippen LogP contribution < -0.4 is 10.1 Å². The molecule has 21 heavy (non-hydrogen) atoms. The predicted molar refractivity (Wildman–Crippen MR) is 84.5 cm³/mol. The van der Waals surface area contributed by atoms with Crippen LogP contribution in [0.2, 0.25) is 0 Å². The Kier molecular flexibility index (Phi) is 5.69. The van der Waals surface area contributed by atoms with Gasteiger partial charge in [-0.25, -0.2) is 9.97 Å². The van der Waals surface area contributed by atoms with Crippen molar-refractivity contribution in [1.82, 2.24) is 15.3 Å². The summed E-state index contributed by atoms with van der Waals surface area (Å²) in [6, 6.07) is 8.42. The van der Waals surface area contributed by atoms with E-state index in [-0.39, 0.29) is 6.04 Å². The van der Waals surface area contributed by atoms with Gasteiger partial charge in [0.05, 0.1) is 18.8 Å². The summed E-state index contributed by atoms with van der Waals surface area (Å²) in [6.07, 6.45) is 5.33. The molecule has 112 valence electrons. The second-order valence-electron chi connectivity index (χ2n) is 5.16. The number of aryl methyl sites for hydroxylation is 1. The molecule has 0 amide bonds. The number of hydrogen-bond donors (Lipinski definition) is 1. The van der Waals surface area contributed by atoms with Gasteiger partial charge in [0.1, 0.15) is 12.1 Å². The summed E-state index contributed by atoms with van der Waals surface area (Å²) in [7, 11) is 1.72. The second kappa shape index (κ2) is 7.74. The van der Waals surface area contributed by atoms with E-state index in [2.05, 4.69) is 41.3 Å².